The van der Waals surface area contributed by atoms with Crippen LogP contribution in [0.4, 0.5) is 5.13 Å². The van der Waals surface area contributed by atoms with Crippen molar-refractivity contribution in [2.45, 2.75) is 29.5 Å². The standard InChI is InChI=1S/C29H24ClN3O4S2/c1-3-17-4-8-19(9-5-17)24-23(25(34)20-10-14-22(37-2)15-11-20)26(35)27(36)33(24)28-31-32-29(39-28)38-16-18-6-12-21(30)13-7-18/h4-15,24,34H,3,16H2,1-2H3/b25-23-. The number of halogens is 1. The fourth-order valence-corrected chi connectivity index (χ4v) is 6.22. The first-order valence-electron chi connectivity index (χ1n) is 12.1. The zero-order chi connectivity index (χ0) is 27.5. The number of carbonyl (C=O) groups is 2. The Kier molecular flexibility index (Phi) is 8.02. The van der Waals surface area contributed by atoms with Gasteiger partial charge in [0, 0.05) is 16.3 Å². The summed E-state index contributed by atoms with van der Waals surface area (Å²) in [6.07, 6.45) is 0.844. The summed E-state index contributed by atoms with van der Waals surface area (Å²) in [4.78, 5) is 28.1. The van der Waals surface area contributed by atoms with Gasteiger partial charge in [0.05, 0.1) is 18.7 Å². The van der Waals surface area contributed by atoms with Crippen LogP contribution in [-0.2, 0) is 21.8 Å². The second-order valence-corrected chi connectivity index (χ2v) is 11.4. The minimum absolute atomic E-state index is 0.0000161. The number of aliphatic hydroxyl groups is 1. The average Bonchev–Trinajstić information content (AvgIpc) is 3.54. The second-order valence-electron chi connectivity index (χ2n) is 8.76. The zero-order valence-electron chi connectivity index (χ0n) is 21.1. The van der Waals surface area contributed by atoms with E-state index >= 15 is 0 Å². The van der Waals surface area contributed by atoms with Gasteiger partial charge in [-0.2, -0.15) is 0 Å². The van der Waals surface area contributed by atoms with Gasteiger partial charge in [0.2, 0.25) is 5.13 Å². The molecule has 0 saturated carbocycles. The molecule has 3 aromatic carbocycles. The van der Waals surface area contributed by atoms with E-state index in [0.29, 0.717) is 32.0 Å². The average molecular weight is 578 g/mol. The van der Waals surface area contributed by atoms with Crippen molar-refractivity contribution in [2.75, 3.05) is 12.0 Å². The molecule has 10 heteroatoms. The summed E-state index contributed by atoms with van der Waals surface area (Å²) >= 11 is 8.68. The quantitative estimate of drug-likeness (QED) is 0.0820. The lowest BCUT2D eigenvalue weighted by Gasteiger charge is -2.22. The summed E-state index contributed by atoms with van der Waals surface area (Å²) in [6.45, 7) is 2.05. The molecular formula is C29H24ClN3O4S2. The van der Waals surface area contributed by atoms with Crippen molar-refractivity contribution in [3.8, 4) is 5.75 Å². The molecule has 39 heavy (non-hydrogen) atoms. The van der Waals surface area contributed by atoms with E-state index in [0.717, 1.165) is 17.5 Å². The summed E-state index contributed by atoms with van der Waals surface area (Å²) in [5.41, 5.74) is 3.27. The molecule has 1 aliphatic heterocycles. The zero-order valence-corrected chi connectivity index (χ0v) is 23.5. The molecule has 1 atom stereocenters. The monoisotopic (exact) mass is 577 g/mol. The lowest BCUT2D eigenvalue weighted by molar-refractivity contribution is -0.132. The van der Waals surface area contributed by atoms with Crippen LogP contribution in [0.1, 0.15) is 35.2 Å². The van der Waals surface area contributed by atoms with Crippen LogP contribution in [0.25, 0.3) is 5.76 Å². The number of aryl methyl sites for hydroxylation is 1. The number of ether oxygens (including phenoxy) is 1. The highest BCUT2D eigenvalue weighted by Crippen LogP contribution is 2.44. The third-order valence-corrected chi connectivity index (χ3v) is 8.77. The number of carbonyl (C=O) groups excluding carboxylic acids is 2. The predicted octanol–water partition coefficient (Wildman–Crippen LogP) is 6.68. The highest BCUT2D eigenvalue weighted by molar-refractivity contribution is 8.00. The van der Waals surface area contributed by atoms with Gasteiger partial charge < -0.3 is 9.84 Å². The van der Waals surface area contributed by atoms with E-state index in [1.807, 2.05) is 48.5 Å². The third kappa shape index (κ3) is 5.56. The summed E-state index contributed by atoms with van der Waals surface area (Å²) in [6, 6.07) is 21.0. The molecule has 5 rings (SSSR count). The van der Waals surface area contributed by atoms with Crippen molar-refractivity contribution in [2.24, 2.45) is 0 Å². The van der Waals surface area contributed by atoms with Crippen LogP contribution in [0.5, 0.6) is 5.75 Å². The number of amides is 1. The maximum atomic E-state index is 13.4. The van der Waals surface area contributed by atoms with Gasteiger partial charge in [-0.25, -0.2) is 0 Å². The molecule has 1 fully saturated rings. The molecule has 0 spiro atoms. The number of Topliss-reactive ketones (excluding diaryl/α,β-unsaturated/α-hetero) is 1. The van der Waals surface area contributed by atoms with Crippen LogP contribution in [0, 0.1) is 0 Å². The highest BCUT2D eigenvalue weighted by atomic mass is 35.5. The Morgan fingerprint density at radius 3 is 2.31 bits per heavy atom. The number of nitrogens with zero attached hydrogens (tertiary/aromatic N) is 3. The van der Waals surface area contributed by atoms with Crippen LogP contribution < -0.4 is 9.64 Å². The number of thioether (sulfide) groups is 1. The van der Waals surface area contributed by atoms with Gasteiger partial charge in [-0.05, 0) is 59.5 Å². The topological polar surface area (TPSA) is 92.6 Å². The minimum Gasteiger partial charge on any atom is -0.507 e. The molecule has 0 bridgehead atoms. The third-order valence-electron chi connectivity index (χ3n) is 6.39. The number of hydrogen-bond acceptors (Lipinski definition) is 8. The first-order chi connectivity index (χ1) is 18.9. The smallest absolute Gasteiger partial charge is 0.301 e. The molecular weight excluding hydrogens is 554 g/mol. The fraction of sp³-hybridized carbons (Fsp3) is 0.172. The Bertz CT molecular complexity index is 1530. The largest absolute Gasteiger partial charge is 0.507 e. The predicted molar refractivity (Wildman–Crippen MR) is 155 cm³/mol. The summed E-state index contributed by atoms with van der Waals surface area (Å²) in [5.74, 6) is -0.552. The van der Waals surface area contributed by atoms with Crippen LogP contribution in [-0.4, -0.2) is 34.1 Å². The number of rotatable bonds is 8. The van der Waals surface area contributed by atoms with Gasteiger partial charge in [-0.15, -0.1) is 10.2 Å². The van der Waals surface area contributed by atoms with Gasteiger partial charge in [-0.1, -0.05) is 78.0 Å². The van der Waals surface area contributed by atoms with E-state index in [4.69, 9.17) is 16.3 Å². The number of ketones is 1. The number of aliphatic hydroxyl groups excluding tert-OH is 1. The summed E-state index contributed by atoms with van der Waals surface area (Å²) < 4.78 is 5.86. The molecule has 1 unspecified atom stereocenters. The molecule has 1 aromatic heterocycles. The maximum Gasteiger partial charge on any atom is 0.301 e. The number of benzene rings is 3. The summed E-state index contributed by atoms with van der Waals surface area (Å²) in [5, 5.41) is 20.8. The molecule has 1 amide bonds. The Morgan fingerprint density at radius 2 is 1.67 bits per heavy atom. The van der Waals surface area contributed by atoms with Crippen LogP contribution in [0.3, 0.4) is 0 Å². The normalized spacial score (nSPS) is 16.6. The molecule has 1 saturated heterocycles. The van der Waals surface area contributed by atoms with Gasteiger partial charge in [0.25, 0.3) is 5.78 Å². The lowest BCUT2D eigenvalue weighted by atomic mass is 9.94. The molecule has 2 heterocycles. The Morgan fingerprint density at radius 1 is 1.00 bits per heavy atom. The van der Waals surface area contributed by atoms with Crippen molar-refractivity contribution in [3.05, 3.63) is 106 Å². The Hall–Kier alpha value is -3.66. The van der Waals surface area contributed by atoms with Crippen molar-refractivity contribution < 1.29 is 19.4 Å². The molecule has 7 nitrogen and oxygen atoms in total. The number of aromatic nitrogens is 2. The van der Waals surface area contributed by atoms with E-state index in [2.05, 4.69) is 17.1 Å². The van der Waals surface area contributed by atoms with Crippen LogP contribution >= 0.6 is 34.7 Å². The molecule has 1 N–H and O–H groups in total. The number of methoxy groups -OCH3 is 1. The van der Waals surface area contributed by atoms with Crippen molar-refractivity contribution in [1.82, 2.24) is 10.2 Å². The van der Waals surface area contributed by atoms with Crippen LogP contribution in [0.2, 0.25) is 5.02 Å². The van der Waals surface area contributed by atoms with Gasteiger partial charge in [-0.3, -0.25) is 14.5 Å². The van der Waals surface area contributed by atoms with E-state index in [-0.39, 0.29) is 16.5 Å². The Labute approximate surface area is 239 Å². The Balaban J connectivity index is 1.53. The van der Waals surface area contributed by atoms with Gasteiger partial charge in [0.1, 0.15) is 11.5 Å². The van der Waals surface area contributed by atoms with Crippen molar-refractivity contribution in [3.63, 3.8) is 0 Å². The van der Waals surface area contributed by atoms with Gasteiger partial charge >= 0.3 is 5.91 Å². The highest BCUT2D eigenvalue weighted by Gasteiger charge is 2.48. The molecule has 0 radical (unpaired) electrons. The first-order valence-corrected chi connectivity index (χ1v) is 14.3. The second kappa shape index (κ2) is 11.6. The molecule has 1 aliphatic rings. The number of anilines is 1. The summed E-state index contributed by atoms with van der Waals surface area (Å²) in [7, 11) is 1.55. The van der Waals surface area contributed by atoms with Crippen molar-refractivity contribution in [1.29, 1.82) is 0 Å². The molecule has 4 aromatic rings. The minimum atomic E-state index is -0.861. The molecule has 0 aliphatic carbocycles. The van der Waals surface area contributed by atoms with E-state index in [9.17, 15) is 14.7 Å². The lowest BCUT2D eigenvalue weighted by Crippen LogP contribution is -2.29. The van der Waals surface area contributed by atoms with E-state index in [1.54, 1.807) is 31.4 Å². The fourth-order valence-electron chi connectivity index (χ4n) is 4.27. The SMILES string of the molecule is CCc1ccc(C2/C(=C(/O)c3ccc(OC)cc3)C(=O)C(=O)N2c2nnc(SCc3ccc(Cl)cc3)s2)cc1. The van der Waals surface area contributed by atoms with Gasteiger partial charge in [0.15, 0.2) is 4.34 Å². The number of hydrogen-bond donors (Lipinski definition) is 1. The van der Waals surface area contributed by atoms with E-state index in [1.165, 1.54) is 28.0 Å². The van der Waals surface area contributed by atoms with Crippen LogP contribution in [0.15, 0.2) is 82.7 Å². The maximum absolute atomic E-state index is 13.4. The molecule has 198 valence electrons. The van der Waals surface area contributed by atoms with E-state index < -0.39 is 17.7 Å². The first kappa shape index (κ1) is 26.9. The van der Waals surface area contributed by atoms with Crippen molar-refractivity contribution >= 4 is 57.3 Å².